The quantitative estimate of drug-likeness (QED) is 0.831. The van der Waals surface area contributed by atoms with Gasteiger partial charge in [-0.05, 0) is 31.0 Å². The molecule has 0 radical (unpaired) electrons. The van der Waals surface area contributed by atoms with Gasteiger partial charge in [-0.25, -0.2) is 4.98 Å². The van der Waals surface area contributed by atoms with Crippen molar-refractivity contribution in [1.29, 1.82) is 0 Å². The van der Waals surface area contributed by atoms with Crippen molar-refractivity contribution in [3.63, 3.8) is 0 Å². The third-order valence-electron chi connectivity index (χ3n) is 4.19. The molecular weight excluding hydrogens is 300 g/mol. The number of carbonyl (C=O) groups is 1. The fourth-order valence-electron chi connectivity index (χ4n) is 3.11. The summed E-state index contributed by atoms with van der Waals surface area (Å²) in [7, 11) is 0. The number of halogens is 1. The minimum absolute atomic E-state index is 0.330. The van der Waals surface area contributed by atoms with E-state index in [9.17, 15) is 4.79 Å². The summed E-state index contributed by atoms with van der Waals surface area (Å²) in [4.78, 5) is 18.8. The zero-order valence-corrected chi connectivity index (χ0v) is 13.5. The molecule has 0 saturated carbocycles. The van der Waals surface area contributed by atoms with Crippen molar-refractivity contribution in [2.24, 2.45) is 5.73 Å². The Morgan fingerprint density at radius 2 is 2.00 bits per heavy atom. The molecule has 0 bridgehead atoms. The van der Waals surface area contributed by atoms with E-state index in [4.69, 9.17) is 17.3 Å². The minimum atomic E-state index is -0.464. The Kier molecular flexibility index (Phi) is 3.93. The summed E-state index contributed by atoms with van der Waals surface area (Å²) in [6, 6.07) is 3.91. The van der Waals surface area contributed by atoms with Crippen molar-refractivity contribution < 1.29 is 4.79 Å². The number of carbonyl (C=O) groups excluding carboxylic acids is 1. The SMILES string of the molecule is Cc1ccc2nc(Cl)c(C)c(C(N)=O)c2c1N1CCNCC1. The summed E-state index contributed by atoms with van der Waals surface area (Å²) in [5, 5.41) is 4.49. The normalized spacial score (nSPS) is 15.3. The van der Waals surface area contributed by atoms with Crippen molar-refractivity contribution in [1.82, 2.24) is 10.3 Å². The first-order valence-electron chi connectivity index (χ1n) is 7.35. The van der Waals surface area contributed by atoms with E-state index in [1.165, 1.54) is 0 Å². The molecule has 1 fully saturated rings. The molecule has 0 spiro atoms. The third kappa shape index (κ3) is 2.40. The molecule has 3 rings (SSSR count). The number of nitrogens with one attached hydrogen (secondary N) is 1. The van der Waals surface area contributed by atoms with Crippen LogP contribution in [0.25, 0.3) is 10.9 Å². The van der Waals surface area contributed by atoms with Gasteiger partial charge in [0, 0.05) is 31.6 Å². The van der Waals surface area contributed by atoms with Crippen LogP contribution in [0.1, 0.15) is 21.5 Å². The highest BCUT2D eigenvalue weighted by atomic mass is 35.5. The number of primary amides is 1. The first-order chi connectivity index (χ1) is 10.5. The number of pyridine rings is 1. The Morgan fingerprint density at radius 3 is 2.64 bits per heavy atom. The molecule has 0 aliphatic carbocycles. The lowest BCUT2D eigenvalue weighted by molar-refractivity contribution is 0.100. The average molecular weight is 319 g/mol. The fourth-order valence-corrected chi connectivity index (χ4v) is 3.29. The molecule has 1 aliphatic heterocycles. The van der Waals surface area contributed by atoms with Crippen LogP contribution in [0.3, 0.4) is 0 Å². The standard InChI is InChI=1S/C16H19ClN4O/c1-9-3-4-11-13(14(9)21-7-5-19-6-8-21)12(16(18)22)10(2)15(17)20-11/h3-4,19H,5-8H2,1-2H3,(H2,18,22). The molecule has 1 aromatic heterocycles. The molecule has 1 amide bonds. The molecule has 3 N–H and O–H groups in total. The third-order valence-corrected chi connectivity index (χ3v) is 4.56. The van der Waals surface area contributed by atoms with Crippen molar-refractivity contribution >= 4 is 34.1 Å². The Labute approximate surface area is 134 Å². The summed E-state index contributed by atoms with van der Waals surface area (Å²) in [5.41, 5.74) is 9.63. The van der Waals surface area contributed by atoms with Crippen LogP contribution in [0.4, 0.5) is 5.69 Å². The first kappa shape index (κ1) is 15.1. The Bertz CT molecular complexity index is 754. The Morgan fingerprint density at radius 1 is 1.32 bits per heavy atom. The van der Waals surface area contributed by atoms with Crippen molar-refractivity contribution in [2.45, 2.75) is 13.8 Å². The number of aryl methyl sites for hydroxylation is 1. The van der Waals surface area contributed by atoms with E-state index in [0.29, 0.717) is 21.8 Å². The van der Waals surface area contributed by atoms with E-state index in [1.54, 1.807) is 6.92 Å². The molecule has 116 valence electrons. The van der Waals surface area contributed by atoms with Gasteiger partial charge in [0.05, 0.1) is 16.8 Å². The second kappa shape index (κ2) is 5.74. The van der Waals surface area contributed by atoms with E-state index in [-0.39, 0.29) is 0 Å². The fraction of sp³-hybridized carbons (Fsp3) is 0.375. The molecule has 2 heterocycles. The highest BCUT2D eigenvalue weighted by Crippen LogP contribution is 2.35. The predicted molar refractivity (Wildman–Crippen MR) is 89.8 cm³/mol. The van der Waals surface area contributed by atoms with Crippen molar-refractivity contribution in [3.05, 3.63) is 34.0 Å². The number of piperazine rings is 1. The van der Waals surface area contributed by atoms with Gasteiger partial charge < -0.3 is 16.0 Å². The van der Waals surface area contributed by atoms with Gasteiger partial charge in [0.2, 0.25) is 5.91 Å². The maximum atomic E-state index is 12.0. The molecule has 22 heavy (non-hydrogen) atoms. The van der Waals surface area contributed by atoms with Gasteiger partial charge in [-0.3, -0.25) is 4.79 Å². The summed E-state index contributed by atoms with van der Waals surface area (Å²) in [6.45, 7) is 7.45. The van der Waals surface area contributed by atoms with Gasteiger partial charge in [-0.1, -0.05) is 17.7 Å². The number of rotatable bonds is 2. The van der Waals surface area contributed by atoms with E-state index in [0.717, 1.165) is 42.8 Å². The maximum Gasteiger partial charge on any atom is 0.249 e. The zero-order chi connectivity index (χ0) is 15.9. The van der Waals surface area contributed by atoms with Crippen molar-refractivity contribution in [2.75, 3.05) is 31.1 Å². The van der Waals surface area contributed by atoms with E-state index in [1.807, 2.05) is 19.1 Å². The van der Waals surface area contributed by atoms with Gasteiger partial charge in [0.1, 0.15) is 5.15 Å². The van der Waals surface area contributed by atoms with Crippen LogP contribution >= 0.6 is 11.6 Å². The van der Waals surface area contributed by atoms with Crippen LogP contribution in [0.2, 0.25) is 5.15 Å². The number of hydrogen-bond acceptors (Lipinski definition) is 4. The number of aromatic nitrogens is 1. The smallest absolute Gasteiger partial charge is 0.249 e. The maximum absolute atomic E-state index is 12.0. The number of amides is 1. The molecule has 0 atom stereocenters. The molecule has 1 aromatic carbocycles. The van der Waals surface area contributed by atoms with E-state index >= 15 is 0 Å². The largest absolute Gasteiger partial charge is 0.368 e. The molecule has 1 saturated heterocycles. The molecule has 2 aromatic rings. The Hall–Kier alpha value is -1.85. The lowest BCUT2D eigenvalue weighted by Crippen LogP contribution is -2.44. The predicted octanol–water partition coefficient (Wildman–Crippen LogP) is 2.01. The molecule has 1 aliphatic rings. The Balaban J connectivity index is 2.37. The highest BCUT2D eigenvalue weighted by Gasteiger charge is 2.22. The van der Waals surface area contributed by atoms with E-state index in [2.05, 4.69) is 15.2 Å². The number of hydrogen-bond donors (Lipinski definition) is 2. The summed E-state index contributed by atoms with van der Waals surface area (Å²) in [6.07, 6.45) is 0. The molecule has 6 heteroatoms. The number of anilines is 1. The number of benzene rings is 1. The van der Waals surface area contributed by atoms with E-state index < -0.39 is 5.91 Å². The van der Waals surface area contributed by atoms with Gasteiger partial charge in [-0.15, -0.1) is 0 Å². The number of fused-ring (bicyclic) bond motifs is 1. The van der Waals surface area contributed by atoms with Crippen molar-refractivity contribution in [3.8, 4) is 0 Å². The van der Waals surface area contributed by atoms with Gasteiger partial charge in [-0.2, -0.15) is 0 Å². The first-order valence-corrected chi connectivity index (χ1v) is 7.73. The van der Waals surface area contributed by atoms with Crippen LogP contribution < -0.4 is 16.0 Å². The lowest BCUT2D eigenvalue weighted by Gasteiger charge is -2.32. The van der Waals surface area contributed by atoms with Gasteiger partial charge >= 0.3 is 0 Å². The number of nitrogens with zero attached hydrogens (tertiary/aromatic N) is 2. The summed E-state index contributed by atoms with van der Waals surface area (Å²) >= 11 is 6.17. The molecule has 0 unspecified atom stereocenters. The van der Waals surface area contributed by atoms with Gasteiger partial charge in [0.25, 0.3) is 0 Å². The minimum Gasteiger partial charge on any atom is -0.368 e. The lowest BCUT2D eigenvalue weighted by atomic mass is 9.98. The zero-order valence-electron chi connectivity index (χ0n) is 12.7. The van der Waals surface area contributed by atoms with Crippen LogP contribution in [0, 0.1) is 13.8 Å². The number of nitrogens with two attached hydrogens (primary N) is 1. The second-order valence-electron chi connectivity index (χ2n) is 5.63. The topological polar surface area (TPSA) is 71.2 Å². The van der Waals surface area contributed by atoms with Crippen LogP contribution in [-0.2, 0) is 0 Å². The molecular formula is C16H19ClN4O. The molecule has 5 nitrogen and oxygen atoms in total. The second-order valence-corrected chi connectivity index (χ2v) is 5.99. The average Bonchev–Trinajstić information content (AvgIpc) is 2.49. The van der Waals surface area contributed by atoms with Crippen LogP contribution in [-0.4, -0.2) is 37.1 Å². The summed E-state index contributed by atoms with van der Waals surface area (Å²) in [5.74, 6) is -0.464. The van der Waals surface area contributed by atoms with Crippen LogP contribution in [0.15, 0.2) is 12.1 Å². The monoisotopic (exact) mass is 318 g/mol. The van der Waals surface area contributed by atoms with Crippen LogP contribution in [0.5, 0.6) is 0 Å². The highest BCUT2D eigenvalue weighted by molar-refractivity contribution is 6.31. The summed E-state index contributed by atoms with van der Waals surface area (Å²) < 4.78 is 0. The van der Waals surface area contributed by atoms with Gasteiger partial charge in [0.15, 0.2) is 0 Å².